The van der Waals surface area contributed by atoms with Gasteiger partial charge >= 0.3 is 0 Å². The Morgan fingerprint density at radius 3 is 2.83 bits per heavy atom. The Labute approximate surface area is 107 Å². The predicted molar refractivity (Wildman–Crippen MR) is 68.7 cm³/mol. The molecule has 18 heavy (non-hydrogen) atoms. The molecular formula is C15H16NO2+. The molecule has 0 saturated heterocycles. The summed E-state index contributed by atoms with van der Waals surface area (Å²) in [5, 5.41) is 0. The maximum Gasteiger partial charge on any atom is 0.227 e. The van der Waals surface area contributed by atoms with E-state index < -0.39 is 0 Å². The van der Waals surface area contributed by atoms with Crippen molar-refractivity contribution in [3.63, 3.8) is 0 Å². The standard InChI is InChI=1S/C15H16NO2/c1-12-5-4-8-16(10-12)11-15(17)13-6-3-7-14(9-13)18-2/h3-10H,11H2,1-2H3/q+1. The van der Waals surface area contributed by atoms with Crippen LogP contribution in [0.4, 0.5) is 0 Å². The van der Waals surface area contributed by atoms with E-state index in [1.165, 1.54) is 0 Å². The lowest BCUT2D eigenvalue weighted by Crippen LogP contribution is -2.37. The van der Waals surface area contributed by atoms with Crippen molar-refractivity contribution in [2.75, 3.05) is 7.11 Å². The average molecular weight is 242 g/mol. The van der Waals surface area contributed by atoms with Crippen LogP contribution in [-0.2, 0) is 6.54 Å². The fourth-order valence-corrected chi connectivity index (χ4v) is 1.80. The van der Waals surface area contributed by atoms with Gasteiger partial charge in [0, 0.05) is 17.2 Å². The number of aromatic nitrogens is 1. The molecular weight excluding hydrogens is 226 g/mol. The second-order valence-corrected chi connectivity index (χ2v) is 4.21. The van der Waals surface area contributed by atoms with Gasteiger partial charge in [0.15, 0.2) is 12.4 Å². The first-order chi connectivity index (χ1) is 8.69. The van der Waals surface area contributed by atoms with Gasteiger partial charge in [-0.05, 0) is 25.1 Å². The van der Waals surface area contributed by atoms with Crippen LogP contribution in [0.5, 0.6) is 5.75 Å². The highest BCUT2D eigenvalue weighted by molar-refractivity contribution is 5.95. The zero-order valence-corrected chi connectivity index (χ0v) is 10.6. The number of aryl methyl sites for hydroxylation is 1. The van der Waals surface area contributed by atoms with Gasteiger partial charge in [0.05, 0.1) is 7.11 Å². The van der Waals surface area contributed by atoms with Crippen LogP contribution in [0.15, 0.2) is 48.8 Å². The molecule has 0 amide bonds. The van der Waals surface area contributed by atoms with Crippen LogP contribution in [0.3, 0.4) is 0 Å². The van der Waals surface area contributed by atoms with E-state index >= 15 is 0 Å². The number of Topliss-reactive ketones (excluding diaryl/α,β-unsaturated/α-hetero) is 1. The molecule has 1 aromatic carbocycles. The Balaban J connectivity index is 2.16. The van der Waals surface area contributed by atoms with E-state index in [0.29, 0.717) is 17.9 Å². The van der Waals surface area contributed by atoms with Crippen molar-refractivity contribution in [1.82, 2.24) is 0 Å². The minimum atomic E-state index is 0.0736. The SMILES string of the molecule is COc1cccc(C(=O)C[n+]2cccc(C)c2)c1. The van der Waals surface area contributed by atoms with Gasteiger partial charge in [-0.1, -0.05) is 12.1 Å². The summed E-state index contributed by atoms with van der Waals surface area (Å²) in [7, 11) is 1.60. The molecule has 1 heterocycles. The summed E-state index contributed by atoms with van der Waals surface area (Å²) in [5.74, 6) is 0.777. The zero-order valence-electron chi connectivity index (χ0n) is 10.6. The Bertz CT molecular complexity index is 564. The number of hydrogen-bond donors (Lipinski definition) is 0. The molecule has 0 fully saturated rings. The highest BCUT2D eigenvalue weighted by Gasteiger charge is 2.12. The van der Waals surface area contributed by atoms with Gasteiger partial charge < -0.3 is 4.74 Å². The van der Waals surface area contributed by atoms with Gasteiger partial charge in [-0.25, -0.2) is 0 Å². The number of ether oxygens (including phenoxy) is 1. The van der Waals surface area contributed by atoms with Gasteiger partial charge in [-0.3, -0.25) is 4.79 Å². The minimum Gasteiger partial charge on any atom is -0.497 e. The summed E-state index contributed by atoms with van der Waals surface area (Å²) < 4.78 is 7.00. The molecule has 0 N–H and O–H groups in total. The van der Waals surface area contributed by atoms with Crippen molar-refractivity contribution in [3.05, 3.63) is 59.9 Å². The summed E-state index contributed by atoms with van der Waals surface area (Å²) in [4.78, 5) is 12.1. The first-order valence-corrected chi connectivity index (χ1v) is 5.82. The van der Waals surface area contributed by atoms with Crippen molar-refractivity contribution in [2.45, 2.75) is 13.5 Å². The van der Waals surface area contributed by atoms with E-state index in [-0.39, 0.29) is 5.78 Å². The van der Waals surface area contributed by atoms with Crippen LogP contribution in [0.25, 0.3) is 0 Å². The third-order valence-electron chi connectivity index (χ3n) is 2.72. The lowest BCUT2D eigenvalue weighted by Gasteiger charge is -2.02. The van der Waals surface area contributed by atoms with Crippen LogP contribution in [0.1, 0.15) is 15.9 Å². The van der Waals surface area contributed by atoms with E-state index in [1.54, 1.807) is 19.2 Å². The molecule has 0 atom stereocenters. The third-order valence-corrected chi connectivity index (χ3v) is 2.72. The Morgan fingerprint density at radius 1 is 1.28 bits per heavy atom. The molecule has 0 unspecified atom stereocenters. The molecule has 92 valence electrons. The summed E-state index contributed by atoms with van der Waals surface area (Å²) in [5.41, 5.74) is 1.80. The van der Waals surface area contributed by atoms with Gasteiger partial charge in [-0.15, -0.1) is 0 Å². The molecule has 0 spiro atoms. The van der Waals surface area contributed by atoms with Gasteiger partial charge in [-0.2, -0.15) is 4.57 Å². The summed E-state index contributed by atoms with van der Waals surface area (Å²) >= 11 is 0. The van der Waals surface area contributed by atoms with E-state index in [0.717, 1.165) is 5.56 Å². The van der Waals surface area contributed by atoms with E-state index in [2.05, 4.69) is 0 Å². The maximum atomic E-state index is 12.1. The molecule has 3 nitrogen and oxygen atoms in total. The van der Waals surface area contributed by atoms with Crippen LogP contribution < -0.4 is 9.30 Å². The molecule has 0 saturated carbocycles. The van der Waals surface area contributed by atoms with E-state index in [1.807, 2.05) is 48.1 Å². The number of methoxy groups -OCH3 is 1. The summed E-state index contributed by atoms with van der Waals surface area (Å²) in [6.07, 6.45) is 3.85. The lowest BCUT2D eigenvalue weighted by atomic mass is 10.1. The number of nitrogens with zero attached hydrogens (tertiary/aromatic N) is 1. The second kappa shape index (κ2) is 5.45. The van der Waals surface area contributed by atoms with Gasteiger partial charge in [0.25, 0.3) is 0 Å². The number of rotatable bonds is 4. The summed E-state index contributed by atoms with van der Waals surface area (Å²) in [6, 6.07) is 11.2. The molecule has 0 radical (unpaired) electrons. The lowest BCUT2D eigenvalue weighted by molar-refractivity contribution is -0.683. The fourth-order valence-electron chi connectivity index (χ4n) is 1.80. The smallest absolute Gasteiger partial charge is 0.227 e. The van der Waals surface area contributed by atoms with Gasteiger partial charge in [0.1, 0.15) is 5.75 Å². The number of ketones is 1. The molecule has 2 aromatic rings. The Hall–Kier alpha value is -2.16. The van der Waals surface area contributed by atoms with Crippen molar-refractivity contribution in [3.8, 4) is 5.75 Å². The quantitative estimate of drug-likeness (QED) is 0.607. The molecule has 0 aliphatic rings. The maximum absolute atomic E-state index is 12.1. The largest absolute Gasteiger partial charge is 0.497 e. The first kappa shape index (κ1) is 12.3. The molecule has 3 heteroatoms. The Morgan fingerprint density at radius 2 is 2.11 bits per heavy atom. The normalized spacial score (nSPS) is 10.1. The highest BCUT2D eigenvalue weighted by atomic mass is 16.5. The van der Waals surface area contributed by atoms with Crippen molar-refractivity contribution >= 4 is 5.78 Å². The highest BCUT2D eigenvalue weighted by Crippen LogP contribution is 2.12. The number of hydrogen-bond acceptors (Lipinski definition) is 2. The van der Waals surface area contributed by atoms with Crippen LogP contribution in [-0.4, -0.2) is 12.9 Å². The molecule has 0 bridgehead atoms. The molecule has 0 aliphatic carbocycles. The van der Waals surface area contributed by atoms with Gasteiger partial charge in [0.2, 0.25) is 12.3 Å². The van der Waals surface area contributed by atoms with Crippen LogP contribution >= 0.6 is 0 Å². The average Bonchev–Trinajstić information content (AvgIpc) is 2.39. The van der Waals surface area contributed by atoms with Crippen LogP contribution in [0, 0.1) is 6.92 Å². The van der Waals surface area contributed by atoms with E-state index in [9.17, 15) is 4.79 Å². The first-order valence-electron chi connectivity index (χ1n) is 5.82. The fraction of sp³-hybridized carbons (Fsp3) is 0.200. The van der Waals surface area contributed by atoms with E-state index in [4.69, 9.17) is 4.74 Å². The predicted octanol–water partition coefficient (Wildman–Crippen LogP) is 2.17. The van der Waals surface area contributed by atoms with Crippen molar-refractivity contribution in [1.29, 1.82) is 0 Å². The molecule has 0 aliphatic heterocycles. The molecule has 2 rings (SSSR count). The number of carbonyl (C=O) groups excluding carboxylic acids is 1. The monoisotopic (exact) mass is 242 g/mol. The van der Waals surface area contributed by atoms with Crippen LogP contribution in [0.2, 0.25) is 0 Å². The molecule has 1 aromatic heterocycles. The van der Waals surface area contributed by atoms with Crippen molar-refractivity contribution in [2.24, 2.45) is 0 Å². The minimum absolute atomic E-state index is 0.0736. The topological polar surface area (TPSA) is 30.2 Å². The second-order valence-electron chi connectivity index (χ2n) is 4.21. The zero-order chi connectivity index (χ0) is 13.0. The third kappa shape index (κ3) is 2.94. The number of benzene rings is 1. The summed E-state index contributed by atoms with van der Waals surface area (Å²) in [6.45, 7) is 2.35. The van der Waals surface area contributed by atoms with Crippen molar-refractivity contribution < 1.29 is 14.1 Å². The number of carbonyl (C=O) groups is 1. The number of pyridine rings is 1. The Kier molecular flexibility index (Phi) is 3.72.